The van der Waals surface area contributed by atoms with E-state index < -0.39 is 5.91 Å². The first-order valence-corrected chi connectivity index (χ1v) is 9.55. The average Bonchev–Trinajstić information content (AvgIpc) is 2.90. The molecule has 28 heavy (non-hydrogen) atoms. The van der Waals surface area contributed by atoms with Gasteiger partial charge in [0.25, 0.3) is 17.1 Å². The summed E-state index contributed by atoms with van der Waals surface area (Å²) in [6.07, 6.45) is 1.60. The van der Waals surface area contributed by atoms with Gasteiger partial charge in [0.05, 0.1) is 16.5 Å². The lowest BCUT2D eigenvalue weighted by Crippen LogP contribution is -2.27. The molecule has 1 aliphatic rings. The second-order valence-electron chi connectivity index (χ2n) is 6.14. The van der Waals surface area contributed by atoms with E-state index in [-0.39, 0.29) is 29.3 Å². The van der Waals surface area contributed by atoms with Crippen LogP contribution < -0.4 is 10.5 Å². The van der Waals surface area contributed by atoms with E-state index in [0.717, 1.165) is 22.9 Å². The number of imide groups is 1. The highest BCUT2D eigenvalue weighted by molar-refractivity contribution is 8.18. The first-order valence-electron chi connectivity index (χ1n) is 8.35. The summed E-state index contributed by atoms with van der Waals surface area (Å²) in [5.41, 5.74) is 7.62. The molecule has 3 rings (SSSR count). The molecule has 2 aromatic carbocycles. The molecular weight excluding hydrogens is 400 g/mol. The van der Waals surface area contributed by atoms with Gasteiger partial charge in [0.1, 0.15) is 5.75 Å². The van der Waals surface area contributed by atoms with Gasteiger partial charge in [-0.3, -0.25) is 19.3 Å². The molecule has 0 radical (unpaired) electrons. The van der Waals surface area contributed by atoms with Gasteiger partial charge in [0.2, 0.25) is 0 Å². The number of carbonyl (C=O) groups excluding carboxylic acids is 3. The van der Waals surface area contributed by atoms with E-state index in [4.69, 9.17) is 22.1 Å². The molecule has 8 heteroatoms. The minimum Gasteiger partial charge on any atom is -0.482 e. The number of carbonyl (C=O) groups is 3. The molecule has 0 spiro atoms. The van der Waals surface area contributed by atoms with Crippen molar-refractivity contribution in [1.29, 1.82) is 0 Å². The standard InChI is InChI=1S/C20H17ClN2O4S/c1-12-4-2-3-5-14(12)10-23-19(25)17(28-20(23)26)9-13-6-7-16(15(21)8-13)27-11-18(22)24/h2-9H,10-11H2,1H3,(H2,22,24)/b17-9-. The maximum Gasteiger partial charge on any atom is 0.293 e. The summed E-state index contributed by atoms with van der Waals surface area (Å²) in [6.45, 7) is 1.89. The number of ether oxygens (including phenoxy) is 1. The van der Waals surface area contributed by atoms with Crippen molar-refractivity contribution in [2.24, 2.45) is 5.73 Å². The lowest BCUT2D eigenvalue weighted by Gasteiger charge is -2.14. The van der Waals surface area contributed by atoms with Crippen LogP contribution in [0.4, 0.5) is 4.79 Å². The highest BCUT2D eigenvalue weighted by Crippen LogP contribution is 2.34. The fourth-order valence-corrected chi connectivity index (χ4v) is 3.70. The largest absolute Gasteiger partial charge is 0.482 e. The van der Waals surface area contributed by atoms with Gasteiger partial charge in [-0.25, -0.2) is 0 Å². The summed E-state index contributed by atoms with van der Waals surface area (Å²) in [5, 5.41) is -0.0406. The van der Waals surface area contributed by atoms with E-state index in [2.05, 4.69) is 0 Å². The number of amides is 3. The van der Waals surface area contributed by atoms with Crippen LogP contribution >= 0.6 is 23.4 Å². The van der Waals surface area contributed by atoms with Gasteiger partial charge in [0, 0.05) is 0 Å². The molecule has 1 heterocycles. The fourth-order valence-electron chi connectivity index (χ4n) is 2.62. The Hall–Kier alpha value is -2.77. The molecule has 0 atom stereocenters. The van der Waals surface area contributed by atoms with Crippen molar-refractivity contribution in [2.45, 2.75) is 13.5 Å². The lowest BCUT2D eigenvalue weighted by atomic mass is 10.1. The van der Waals surface area contributed by atoms with Crippen LogP contribution in [0.1, 0.15) is 16.7 Å². The fraction of sp³-hybridized carbons (Fsp3) is 0.150. The predicted molar refractivity (Wildman–Crippen MR) is 109 cm³/mol. The Morgan fingerprint density at radius 2 is 2.00 bits per heavy atom. The van der Waals surface area contributed by atoms with Crippen molar-refractivity contribution in [3.05, 3.63) is 69.1 Å². The molecule has 1 aliphatic heterocycles. The number of primary amides is 1. The smallest absolute Gasteiger partial charge is 0.293 e. The lowest BCUT2D eigenvalue weighted by molar-refractivity contribution is -0.123. The predicted octanol–water partition coefficient (Wildman–Crippen LogP) is 3.75. The van der Waals surface area contributed by atoms with Gasteiger partial charge >= 0.3 is 0 Å². The Morgan fingerprint density at radius 1 is 1.25 bits per heavy atom. The SMILES string of the molecule is Cc1ccccc1CN1C(=O)S/C(=C\c2ccc(OCC(N)=O)c(Cl)c2)C1=O. The number of nitrogens with two attached hydrogens (primary N) is 1. The molecule has 0 aromatic heterocycles. The molecular formula is C20H17ClN2O4S. The molecule has 144 valence electrons. The third-order valence-corrected chi connectivity index (χ3v) is 5.29. The van der Waals surface area contributed by atoms with Crippen molar-refractivity contribution in [3.63, 3.8) is 0 Å². The minimum absolute atomic E-state index is 0.231. The first-order chi connectivity index (χ1) is 13.3. The van der Waals surface area contributed by atoms with Gasteiger partial charge in [-0.2, -0.15) is 0 Å². The van der Waals surface area contributed by atoms with Crippen LogP contribution in [0, 0.1) is 6.92 Å². The van der Waals surface area contributed by atoms with Crippen molar-refractivity contribution in [1.82, 2.24) is 4.90 Å². The first kappa shape index (κ1) is 20.0. The molecule has 0 bridgehead atoms. The molecule has 6 nitrogen and oxygen atoms in total. The summed E-state index contributed by atoms with van der Waals surface area (Å²) in [5.74, 6) is -0.642. The zero-order chi connectivity index (χ0) is 20.3. The van der Waals surface area contributed by atoms with Crippen molar-refractivity contribution in [3.8, 4) is 5.75 Å². The van der Waals surface area contributed by atoms with E-state index in [1.165, 1.54) is 4.90 Å². The van der Waals surface area contributed by atoms with Crippen LogP contribution in [-0.4, -0.2) is 28.6 Å². The third kappa shape index (κ3) is 4.55. The van der Waals surface area contributed by atoms with Crippen molar-refractivity contribution in [2.75, 3.05) is 6.61 Å². The molecule has 2 N–H and O–H groups in total. The second kappa shape index (κ2) is 8.50. The third-order valence-electron chi connectivity index (χ3n) is 4.09. The van der Waals surface area contributed by atoms with E-state index in [0.29, 0.717) is 16.2 Å². The van der Waals surface area contributed by atoms with E-state index in [1.807, 2.05) is 31.2 Å². The van der Waals surface area contributed by atoms with Crippen LogP contribution in [-0.2, 0) is 16.1 Å². The maximum atomic E-state index is 12.7. The van der Waals surface area contributed by atoms with Crippen LogP contribution in [0.5, 0.6) is 5.75 Å². The summed E-state index contributed by atoms with van der Waals surface area (Å²) < 4.78 is 5.19. The molecule has 2 aromatic rings. The molecule has 0 aliphatic carbocycles. The molecule has 1 saturated heterocycles. The number of hydrogen-bond acceptors (Lipinski definition) is 5. The van der Waals surface area contributed by atoms with Crippen LogP contribution in [0.25, 0.3) is 6.08 Å². The van der Waals surface area contributed by atoms with E-state index >= 15 is 0 Å². The summed E-state index contributed by atoms with van der Waals surface area (Å²) in [4.78, 5) is 37.3. The maximum absolute atomic E-state index is 12.7. The Balaban J connectivity index is 1.77. The van der Waals surface area contributed by atoms with Gasteiger partial charge in [0.15, 0.2) is 6.61 Å². The quantitative estimate of drug-likeness (QED) is 0.724. The summed E-state index contributed by atoms with van der Waals surface area (Å²) in [7, 11) is 0. The van der Waals surface area contributed by atoms with Crippen LogP contribution in [0.2, 0.25) is 5.02 Å². The molecule has 1 fully saturated rings. The van der Waals surface area contributed by atoms with Gasteiger partial charge in [-0.1, -0.05) is 41.9 Å². The van der Waals surface area contributed by atoms with Crippen molar-refractivity contribution < 1.29 is 19.1 Å². The van der Waals surface area contributed by atoms with E-state index in [1.54, 1.807) is 24.3 Å². The number of rotatable bonds is 6. The number of aryl methyl sites for hydroxylation is 1. The highest BCUT2D eigenvalue weighted by atomic mass is 35.5. The van der Waals surface area contributed by atoms with E-state index in [9.17, 15) is 14.4 Å². The minimum atomic E-state index is -0.609. The van der Waals surface area contributed by atoms with Crippen LogP contribution in [0.3, 0.4) is 0 Å². The topological polar surface area (TPSA) is 89.7 Å². The van der Waals surface area contributed by atoms with Gasteiger partial charge < -0.3 is 10.5 Å². The summed E-state index contributed by atoms with van der Waals surface area (Å²) >= 11 is 7.03. The number of nitrogens with zero attached hydrogens (tertiary/aromatic N) is 1. The van der Waals surface area contributed by atoms with Gasteiger partial charge in [-0.05, 0) is 53.6 Å². The Labute approximate surface area is 171 Å². The number of halogens is 1. The Morgan fingerprint density at radius 3 is 2.68 bits per heavy atom. The molecule has 0 unspecified atom stereocenters. The number of benzene rings is 2. The molecule has 0 saturated carbocycles. The van der Waals surface area contributed by atoms with Gasteiger partial charge in [-0.15, -0.1) is 0 Å². The number of thioether (sulfide) groups is 1. The monoisotopic (exact) mass is 416 g/mol. The van der Waals surface area contributed by atoms with Crippen molar-refractivity contribution >= 4 is 46.5 Å². The van der Waals surface area contributed by atoms with Crippen LogP contribution in [0.15, 0.2) is 47.4 Å². The summed E-state index contributed by atoms with van der Waals surface area (Å²) in [6, 6.07) is 12.5. The Bertz CT molecular complexity index is 990. The zero-order valence-electron chi connectivity index (χ0n) is 15.0. The number of hydrogen-bond donors (Lipinski definition) is 1. The Kier molecular flexibility index (Phi) is 6.06. The average molecular weight is 417 g/mol. The normalized spacial score (nSPS) is 15.4. The molecule has 3 amide bonds. The highest BCUT2D eigenvalue weighted by Gasteiger charge is 2.35. The zero-order valence-corrected chi connectivity index (χ0v) is 16.5. The second-order valence-corrected chi connectivity index (χ2v) is 7.54.